The van der Waals surface area contributed by atoms with E-state index in [-0.39, 0.29) is 17.8 Å². The van der Waals surface area contributed by atoms with Crippen LogP contribution in [0.3, 0.4) is 0 Å². The maximum Gasteiger partial charge on any atom is 0.248 e. The molecule has 2 aromatic carbocycles. The fourth-order valence-electron chi connectivity index (χ4n) is 2.08. The molecule has 4 nitrogen and oxygen atoms in total. The van der Waals surface area contributed by atoms with Gasteiger partial charge in [-0.1, -0.05) is 11.6 Å². The first-order chi connectivity index (χ1) is 11.9. The van der Waals surface area contributed by atoms with E-state index < -0.39 is 0 Å². The summed E-state index contributed by atoms with van der Waals surface area (Å²) in [6.07, 6.45) is 2.92. The quantitative estimate of drug-likeness (QED) is 0.740. The van der Waals surface area contributed by atoms with Crippen molar-refractivity contribution in [2.45, 2.75) is 20.0 Å². The van der Waals surface area contributed by atoms with Crippen LogP contribution in [0.25, 0.3) is 6.08 Å². The van der Waals surface area contributed by atoms with Crippen molar-refractivity contribution in [1.29, 1.82) is 0 Å². The van der Waals surface area contributed by atoms with Crippen molar-refractivity contribution in [1.82, 2.24) is 0 Å². The van der Waals surface area contributed by atoms with Gasteiger partial charge >= 0.3 is 0 Å². The second kappa shape index (κ2) is 8.53. The van der Waals surface area contributed by atoms with Gasteiger partial charge in [-0.3, -0.25) is 4.79 Å². The molecular weight excluding hydrogens is 345 g/mol. The van der Waals surface area contributed by atoms with Gasteiger partial charge in [0.1, 0.15) is 5.82 Å². The molecule has 0 spiro atoms. The SMILES string of the molecule is COc1cc(/C=C/C(=O)Nc2ccc(F)cc2)cc(Cl)c1OC(C)C. The summed E-state index contributed by atoms with van der Waals surface area (Å²) in [5.41, 5.74) is 1.19. The van der Waals surface area contributed by atoms with Crippen molar-refractivity contribution in [3.8, 4) is 11.5 Å². The van der Waals surface area contributed by atoms with Gasteiger partial charge in [-0.15, -0.1) is 0 Å². The van der Waals surface area contributed by atoms with E-state index in [0.717, 1.165) is 0 Å². The fourth-order valence-corrected chi connectivity index (χ4v) is 2.34. The van der Waals surface area contributed by atoms with E-state index in [1.54, 1.807) is 18.2 Å². The van der Waals surface area contributed by atoms with Gasteiger partial charge in [0.2, 0.25) is 5.91 Å². The van der Waals surface area contributed by atoms with Crippen molar-refractivity contribution in [3.05, 3.63) is 58.9 Å². The normalized spacial score (nSPS) is 11.0. The zero-order valence-electron chi connectivity index (χ0n) is 14.2. The van der Waals surface area contributed by atoms with Crippen LogP contribution in [0.5, 0.6) is 11.5 Å². The van der Waals surface area contributed by atoms with E-state index in [1.165, 1.54) is 37.5 Å². The molecule has 0 fully saturated rings. The fraction of sp³-hybridized carbons (Fsp3) is 0.211. The third kappa shape index (κ3) is 5.50. The van der Waals surface area contributed by atoms with Crippen molar-refractivity contribution < 1.29 is 18.7 Å². The Hall–Kier alpha value is -2.53. The summed E-state index contributed by atoms with van der Waals surface area (Å²) >= 11 is 6.24. The molecular formula is C19H19ClFNO3. The van der Waals surface area contributed by atoms with E-state index >= 15 is 0 Å². The Bertz CT molecular complexity index is 773. The van der Waals surface area contributed by atoms with E-state index in [9.17, 15) is 9.18 Å². The highest BCUT2D eigenvalue weighted by atomic mass is 35.5. The standard InChI is InChI=1S/C19H19ClFNO3/c1-12(2)25-19-16(20)10-13(11-17(19)24-3)4-9-18(23)22-15-7-5-14(21)6-8-15/h4-12H,1-3H3,(H,22,23)/b9-4+. The molecule has 0 bridgehead atoms. The Labute approximate surface area is 151 Å². The summed E-state index contributed by atoms with van der Waals surface area (Å²) in [6, 6.07) is 8.93. The third-order valence-electron chi connectivity index (χ3n) is 3.14. The summed E-state index contributed by atoms with van der Waals surface area (Å²) in [7, 11) is 1.52. The number of amides is 1. The molecule has 0 atom stereocenters. The molecule has 25 heavy (non-hydrogen) atoms. The topological polar surface area (TPSA) is 47.6 Å². The lowest BCUT2D eigenvalue weighted by molar-refractivity contribution is -0.111. The molecule has 2 rings (SSSR count). The number of halogens is 2. The number of carbonyl (C=O) groups is 1. The zero-order valence-corrected chi connectivity index (χ0v) is 14.9. The summed E-state index contributed by atoms with van der Waals surface area (Å²) in [5, 5.41) is 3.03. The largest absolute Gasteiger partial charge is 0.493 e. The number of hydrogen-bond acceptors (Lipinski definition) is 3. The molecule has 0 unspecified atom stereocenters. The van der Waals surface area contributed by atoms with Crippen LogP contribution in [-0.2, 0) is 4.79 Å². The molecule has 0 saturated carbocycles. The lowest BCUT2D eigenvalue weighted by Crippen LogP contribution is -2.08. The first kappa shape index (κ1) is 18.8. The van der Waals surface area contributed by atoms with Crippen LogP contribution < -0.4 is 14.8 Å². The Kier molecular flexibility index (Phi) is 6.42. The van der Waals surface area contributed by atoms with Gasteiger partial charge in [-0.05, 0) is 61.9 Å². The molecule has 0 aliphatic heterocycles. The average Bonchev–Trinajstić information content (AvgIpc) is 2.56. The molecule has 0 aliphatic rings. The van der Waals surface area contributed by atoms with Gasteiger partial charge in [0, 0.05) is 11.8 Å². The van der Waals surface area contributed by atoms with Crippen molar-refractivity contribution in [2.24, 2.45) is 0 Å². The summed E-state index contributed by atoms with van der Waals surface area (Å²) < 4.78 is 23.8. The minimum Gasteiger partial charge on any atom is -0.493 e. The highest BCUT2D eigenvalue weighted by Crippen LogP contribution is 2.37. The molecule has 1 amide bonds. The van der Waals surface area contributed by atoms with Gasteiger partial charge in [0.25, 0.3) is 0 Å². The average molecular weight is 364 g/mol. The highest BCUT2D eigenvalue weighted by Gasteiger charge is 2.12. The van der Waals surface area contributed by atoms with Crippen LogP contribution in [0.4, 0.5) is 10.1 Å². The van der Waals surface area contributed by atoms with Crippen LogP contribution in [0.15, 0.2) is 42.5 Å². The Morgan fingerprint density at radius 2 is 1.92 bits per heavy atom. The van der Waals surface area contributed by atoms with Crippen LogP contribution in [0, 0.1) is 5.82 Å². The van der Waals surface area contributed by atoms with Crippen molar-refractivity contribution in [2.75, 3.05) is 12.4 Å². The van der Waals surface area contributed by atoms with Gasteiger partial charge < -0.3 is 14.8 Å². The van der Waals surface area contributed by atoms with Crippen LogP contribution in [-0.4, -0.2) is 19.1 Å². The van der Waals surface area contributed by atoms with Gasteiger partial charge in [-0.2, -0.15) is 0 Å². The Morgan fingerprint density at radius 3 is 2.52 bits per heavy atom. The first-order valence-electron chi connectivity index (χ1n) is 7.68. The minimum absolute atomic E-state index is 0.0470. The molecule has 0 radical (unpaired) electrons. The number of carbonyl (C=O) groups excluding carboxylic acids is 1. The minimum atomic E-state index is -0.362. The molecule has 2 aromatic rings. The summed E-state index contributed by atoms with van der Waals surface area (Å²) in [4.78, 5) is 11.9. The van der Waals surface area contributed by atoms with Crippen LogP contribution >= 0.6 is 11.6 Å². The third-order valence-corrected chi connectivity index (χ3v) is 3.42. The highest BCUT2D eigenvalue weighted by molar-refractivity contribution is 6.32. The Morgan fingerprint density at radius 1 is 1.24 bits per heavy atom. The molecule has 0 saturated heterocycles. The van der Waals surface area contributed by atoms with E-state index in [0.29, 0.717) is 27.8 Å². The molecule has 132 valence electrons. The van der Waals surface area contributed by atoms with E-state index in [2.05, 4.69) is 5.32 Å². The van der Waals surface area contributed by atoms with Crippen molar-refractivity contribution in [3.63, 3.8) is 0 Å². The van der Waals surface area contributed by atoms with Crippen molar-refractivity contribution >= 4 is 29.3 Å². The van der Waals surface area contributed by atoms with Crippen LogP contribution in [0.2, 0.25) is 5.02 Å². The number of ether oxygens (including phenoxy) is 2. The number of benzene rings is 2. The molecule has 1 N–H and O–H groups in total. The van der Waals surface area contributed by atoms with Gasteiger partial charge in [-0.25, -0.2) is 4.39 Å². The molecule has 0 heterocycles. The summed E-state index contributed by atoms with van der Waals surface area (Å²) in [5.74, 6) is 0.245. The number of methoxy groups -OCH3 is 1. The monoisotopic (exact) mass is 363 g/mol. The number of rotatable bonds is 6. The molecule has 0 aromatic heterocycles. The van der Waals surface area contributed by atoms with Crippen LogP contribution in [0.1, 0.15) is 19.4 Å². The Balaban J connectivity index is 2.13. The summed E-state index contributed by atoms with van der Waals surface area (Å²) in [6.45, 7) is 3.78. The predicted octanol–water partition coefficient (Wildman–Crippen LogP) is 4.93. The molecule has 0 aliphatic carbocycles. The maximum atomic E-state index is 12.9. The lowest BCUT2D eigenvalue weighted by atomic mass is 10.1. The van der Waals surface area contributed by atoms with Gasteiger partial charge in [0.05, 0.1) is 18.2 Å². The maximum absolute atomic E-state index is 12.9. The van der Waals surface area contributed by atoms with E-state index in [1.807, 2.05) is 13.8 Å². The first-order valence-corrected chi connectivity index (χ1v) is 8.05. The predicted molar refractivity (Wildman–Crippen MR) is 97.8 cm³/mol. The lowest BCUT2D eigenvalue weighted by Gasteiger charge is -2.15. The second-order valence-corrected chi connectivity index (χ2v) is 5.94. The number of anilines is 1. The van der Waals surface area contributed by atoms with E-state index in [4.69, 9.17) is 21.1 Å². The molecule has 6 heteroatoms. The number of nitrogens with one attached hydrogen (secondary N) is 1. The zero-order chi connectivity index (χ0) is 18.4. The second-order valence-electron chi connectivity index (χ2n) is 5.53. The number of hydrogen-bond donors (Lipinski definition) is 1. The smallest absolute Gasteiger partial charge is 0.248 e. The van der Waals surface area contributed by atoms with Gasteiger partial charge in [0.15, 0.2) is 11.5 Å².